The third-order valence-corrected chi connectivity index (χ3v) is 3.92. The highest BCUT2D eigenvalue weighted by Crippen LogP contribution is 2.28. The second-order valence-corrected chi connectivity index (χ2v) is 6.43. The summed E-state index contributed by atoms with van der Waals surface area (Å²) in [4.78, 5) is 18.5. The summed E-state index contributed by atoms with van der Waals surface area (Å²) in [7, 11) is 1.80. The summed E-state index contributed by atoms with van der Waals surface area (Å²) >= 11 is 0. The number of carbonyl (C=O) groups excluding carboxylic acids is 1. The number of amides is 1. The van der Waals surface area contributed by atoms with E-state index in [1.807, 2.05) is 30.3 Å². The average molecular weight is 302 g/mol. The van der Waals surface area contributed by atoms with Crippen LogP contribution in [0, 0.1) is 5.41 Å². The highest BCUT2D eigenvalue weighted by atomic mass is 16.1. The number of carbonyl (C=O) groups is 1. The van der Waals surface area contributed by atoms with Crippen molar-refractivity contribution in [2.24, 2.45) is 10.4 Å². The molecule has 1 aliphatic heterocycles. The van der Waals surface area contributed by atoms with Crippen LogP contribution >= 0.6 is 0 Å². The maximum absolute atomic E-state index is 11.9. The molecule has 0 bridgehead atoms. The van der Waals surface area contributed by atoms with E-state index in [-0.39, 0.29) is 5.91 Å². The largest absolute Gasteiger partial charge is 0.354 e. The quantitative estimate of drug-likeness (QED) is 0.506. The van der Waals surface area contributed by atoms with Crippen LogP contribution in [-0.4, -0.2) is 50.0 Å². The van der Waals surface area contributed by atoms with Crippen LogP contribution in [-0.2, 0) is 0 Å². The molecule has 1 aliphatic rings. The highest BCUT2D eigenvalue weighted by Gasteiger charge is 2.30. The minimum atomic E-state index is -0.0420. The summed E-state index contributed by atoms with van der Waals surface area (Å²) in [5.41, 5.74) is 1.03. The van der Waals surface area contributed by atoms with E-state index in [1.165, 1.54) is 6.42 Å². The van der Waals surface area contributed by atoms with Gasteiger partial charge in [-0.2, -0.15) is 0 Å². The number of nitrogens with one attached hydrogen (secondary N) is 2. The first-order chi connectivity index (χ1) is 10.5. The van der Waals surface area contributed by atoms with Crippen LogP contribution in [0.3, 0.4) is 0 Å². The van der Waals surface area contributed by atoms with Crippen LogP contribution in [0.15, 0.2) is 35.3 Å². The molecule has 0 atom stereocenters. The minimum Gasteiger partial charge on any atom is -0.354 e. The van der Waals surface area contributed by atoms with Gasteiger partial charge in [-0.3, -0.25) is 9.79 Å². The Morgan fingerprint density at radius 3 is 2.50 bits per heavy atom. The molecule has 1 saturated heterocycles. The molecule has 0 aromatic heterocycles. The number of guanidine groups is 1. The molecular weight excluding hydrogens is 276 g/mol. The maximum atomic E-state index is 11.9. The van der Waals surface area contributed by atoms with E-state index >= 15 is 0 Å². The van der Waals surface area contributed by atoms with Crippen molar-refractivity contribution in [1.82, 2.24) is 15.5 Å². The van der Waals surface area contributed by atoms with Gasteiger partial charge in [0.2, 0.25) is 0 Å². The molecule has 1 amide bonds. The van der Waals surface area contributed by atoms with Crippen molar-refractivity contribution in [2.75, 3.05) is 33.2 Å². The van der Waals surface area contributed by atoms with E-state index in [0.717, 1.165) is 19.0 Å². The van der Waals surface area contributed by atoms with Gasteiger partial charge >= 0.3 is 0 Å². The van der Waals surface area contributed by atoms with E-state index in [9.17, 15) is 4.79 Å². The van der Waals surface area contributed by atoms with Crippen LogP contribution in [0.5, 0.6) is 0 Å². The van der Waals surface area contributed by atoms with Gasteiger partial charge in [-0.05, 0) is 24.0 Å². The predicted molar refractivity (Wildman–Crippen MR) is 90.1 cm³/mol. The van der Waals surface area contributed by atoms with Gasteiger partial charge in [-0.15, -0.1) is 0 Å². The van der Waals surface area contributed by atoms with Crippen LogP contribution in [0.4, 0.5) is 0 Å². The maximum Gasteiger partial charge on any atom is 0.251 e. The van der Waals surface area contributed by atoms with Gasteiger partial charge in [0.25, 0.3) is 5.91 Å². The van der Waals surface area contributed by atoms with Crippen LogP contribution in [0.2, 0.25) is 0 Å². The summed E-state index contributed by atoms with van der Waals surface area (Å²) in [5.74, 6) is 0.874. The molecule has 5 heteroatoms. The smallest absolute Gasteiger partial charge is 0.251 e. The molecule has 1 fully saturated rings. The lowest BCUT2D eigenvalue weighted by Gasteiger charge is -2.23. The highest BCUT2D eigenvalue weighted by molar-refractivity contribution is 5.94. The Balaban J connectivity index is 1.73. The van der Waals surface area contributed by atoms with Gasteiger partial charge in [-0.25, -0.2) is 0 Å². The summed E-state index contributed by atoms with van der Waals surface area (Å²) in [5, 5.41) is 6.23. The standard InChI is InChI=1S/C17H26N4O/c1-17(2)9-12-21(13-17)16(18-3)20-11-10-19-15(22)14-7-5-4-6-8-14/h4-8H,9-13H2,1-3H3,(H,18,20)(H,19,22). The topological polar surface area (TPSA) is 56.7 Å². The SMILES string of the molecule is CN=C(NCCNC(=O)c1ccccc1)N1CCC(C)(C)C1. The molecule has 0 saturated carbocycles. The Hall–Kier alpha value is -2.04. The molecule has 2 rings (SSSR count). The summed E-state index contributed by atoms with van der Waals surface area (Å²) < 4.78 is 0. The molecule has 1 aromatic rings. The summed E-state index contributed by atoms with van der Waals surface area (Å²) in [6.45, 7) is 7.85. The molecule has 1 heterocycles. The zero-order chi connectivity index (χ0) is 16.0. The number of hydrogen-bond donors (Lipinski definition) is 2. The molecule has 22 heavy (non-hydrogen) atoms. The van der Waals surface area contributed by atoms with Gasteiger partial charge in [-0.1, -0.05) is 32.0 Å². The fourth-order valence-corrected chi connectivity index (χ4v) is 2.67. The second kappa shape index (κ2) is 7.29. The van der Waals surface area contributed by atoms with Crippen molar-refractivity contribution in [2.45, 2.75) is 20.3 Å². The second-order valence-electron chi connectivity index (χ2n) is 6.43. The van der Waals surface area contributed by atoms with E-state index < -0.39 is 0 Å². The molecular formula is C17H26N4O. The number of hydrogen-bond acceptors (Lipinski definition) is 2. The van der Waals surface area contributed by atoms with E-state index in [2.05, 4.69) is 34.4 Å². The summed E-state index contributed by atoms with van der Waals surface area (Å²) in [6, 6.07) is 9.26. The van der Waals surface area contributed by atoms with Crippen LogP contribution < -0.4 is 10.6 Å². The third-order valence-electron chi connectivity index (χ3n) is 3.92. The Morgan fingerprint density at radius 2 is 1.91 bits per heavy atom. The van der Waals surface area contributed by atoms with Crippen molar-refractivity contribution in [3.8, 4) is 0 Å². The van der Waals surface area contributed by atoms with E-state index in [4.69, 9.17) is 0 Å². The Morgan fingerprint density at radius 1 is 1.23 bits per heavy atom. The average Bonchev–Trinajstić information content (AvgIpc) is 2.88. The number of rotatable bonds is 4. The zero-order valence-electron chi connectivity index (χ0n) is 13.7. The molecule has 1 aromatic carbocycles. The first kappa shape index (κ1) is 16.3. The number of nitrogens with zero attached hydrogens (tertiary/aromatic N) is 2. The van der Waals surface area contributed by atoms with Gasteiger partial charge in [0.1, 0.15) is 0 Å². The molecule has 0 aliphatic carbocycles. The normalized spacial score (nSPS) is 17.4. The first-order valence-corrected chi connectivity index (χ1v) is 7.81. The molecule has 120 valence electrons. The van der Waals surface area contributed by atoms with Gasteiger partial charge in [0.15, 0.2) is 5.96 Å². The van der Waals surface area contributed by atoms with Crippen molar-refractivity contribution >= 4 is 11.9 Å². The molecule has 5 nitrogen and oxygen atoms in total. The monoisotopic (exact) mass is 302 g/mol. The molecule has 2 N–H and O–H groups in total. The zero-order valence-corrected chi connectivity index (χ0v) is 13.7. The first-order valence-electron chi connectivity index (χ1n) is 7.81. The lowest BCUT2D eigenvalue weighted by atomic mass is 9.93. The Bertz CT molecular complexity index is 525. The number of aliphatic imine (C=N–C) groups is 1. The van der Waals surface area contributed by atoms with Gasteiger partial charge < -0.3 is 15.5 Å². The molecule has 0 spiro atoms. The fourth-order valence-electron chi connectivity index (χ4n) is 2.67. The summed E-state index contributed by atoms with van der Waals surface area (Å²) in [6.07, 6.45) is 1.18. The lowest BCUT2D eigenvalue weighted by molar-refractivity contribution is 0.0954. The Labute approximate surface area is 132 Å². The third kappa shape index (κ3) is 4.48. The van der Waals surface area contributed by atoms with Crippen molar-refractivity contribution < 1.29 is 4.79 Å². The van der Waals surface area contributed by atoms with Crippen LogP contribution in [0.1, 0.15) is 30.6 Å². The van der Waals surface area contributed by atoms with E-state index in [1.54, 1.807) is 7.05 Å². The Kier molecular flexibility index (Phi) is 5.41. The van der Waals surface area contributed by atoms with Gasteiger partial charge in [0, 0.05) is 38.8 Å². The predicted octanol–water partition coefficient (Wildman–Crippen LogP) is 1.72. The minimum absolute atomic E-state index is 0.0420. The fraction of sp³-hybridized carbons (Fsp3) is 0.529. The van der Waals surface area contributed by atoms with E-state index in [0.29, 0.717) is 24.1 Å². The molecule has 0 radical (unpaired) electrons. The lowest BCUT2D eigenvalue weighted by Crippen LogP contribution is -2.43. The molecule has 0 unspecified atom stereocenters. The van der Waals surface area contributed by atoms with Crippen molar-refractivity contribution in [3.05, 3.63) is 35.9 Å². The van der Waals surface area contributed by atoms with Crippen molar-refractivity contribution in [1.29, 1.82) is 0 Å². The number of likely N-dealkylation sites (tertiary alicyclic amines) is 1. The van der Waals surface area contributed by atoms with Crippen molar-refractivity contribution in [3.63, 3.8) is 0 Å². The van der Waals surface area contributed by atoms with Crippen LogP contribution in [0.25, 0.3) is 0 Å². The van der Waals surface area contributed by atoms with Gasteiger partial charge in [0.05, 0.1) is 0 Å². The number of benzene rings is 1.